The lowest BCUT2D eigenvalue weighted by atomic mass is 10.1. The van der Waals surface area contributed by atoms with Gasteiger partial charge >= 0.3 is 12.1 Å². The Kier molecular flexibility index (Phi) is 12.6. The van der Waals surface area contributed by atoms with Crippen LogP contribution in [0.5, 0.6) is 5.75 Å². The van der Waals surface area contributed by atoms with E-state index in [1.807, 2.05) is 19.9 Å². The van der Waals surface area contributed by atoms with E-state index < -0.39 is 23.8 Å². The molecule has 1 aliphatic rings. The maximum Gasteiger partial charge on any atom is 0.410 e. The molecule has 0 aromatic heterocycles. The fourth-order valence-corrected chi connectivity index (χ4v) is 3.65. The molecular weight excluding hydrogens is 476 g/mol. The first-order valence-electron chi connectivity index (χ1n) is 12.1. The van der Waals surface area contributed by atoms with Crippen LogP contribution in [-0.4, -0.2) is 71.0 Å². The van der Waals surface area contributed by atoms with Gasteiger partial charge in [-0.3, -0.25) is 4.79 Å². The molecule has 1 aromatic carbocycles. The molecule has 2 unspecified atom stereocenters. The van der Waals surface area contributed by atoms with Crippen molar-refractivity contribution in [3.63, 3.8) is 0 Å². The number of nitrogens with one attached hydrogen (secondary N) is 1. The highest BCUT2D eigenvalue weighted by molar-refractivity contribution is 5.88. The number of amides is 2. The van der Waals surface area contributed by atoms with Gasteiger partial charge in [-0.05, 0) is 76.3 Å². The Morgan fingerprint density at radius 2 is 1.97 bits per heavy atom. The number of carboxylic acids is 1. The van der Waals surface area contributed by atoms with E-state index in [0.717, 1.165) is 16.7 Å². The Labute approximate surface area is 219 Å². The van der Waals surface area contributed by atoms with Crippen LogP contribution in [0, 0.1) is 6.92 Å². The lowest BCUT2D eigenvalue weighted by Crippen LogP contribution is -2.47. The van der Waals surface area contributed by atoms with Gasteiger partial charge in [-0.2, -0.15) is 0 Å². The van der Waals surface area contributed by atoms with Crippen LogP contribution in [0.4, 0.5) is 4.79 Å². The zero-order valence-corrected chi connectivity index (χ0v) is 22.5. The van der Waals surface area contributed by atoms with Crippen molar-refractivity contribution in [2.45, 2.75) is 65.2 Å². The minimum absolute atomic E-state index is 0.0752. The third kappa shape index (κ3) is 10.9. The topological polar surface area (TPSA) is 125 Å². The predicted molar refractivity (Wildman–Crippen MR) is 143 cm³/mol. The molecule has 0 spiro atoms. The summed E-state index contributed by atoms with van der Waals surface area (Å²) in [5.74, 6) is -0.289. The van der Waals surface area contributed by atoms with Gasteiger partial charge in [0.1, 0.15) is 11.4 Å². The molecule has 1 fully saturated rings. The highest BCUT2D eigenvalue weighted by Gasteiger charge is 2.34. The molecule has 204 valence electrons. The van der Waals surface area contributed by atoms with E-state index in [2.05, 4.69) is 18.5 Å². The van der Waals surface area contributed by atoms with Crippen molar-refractivity contribution in [3.05, 3.63) is 65.8 Å². The molecule has 0 radical (unpaired) electrons. The molecule has 3 N–H and O–H groups in total. The molecular formula is C28H40N2O7. The maximum atomic E-state index is 12.6. The Hall–Kier alpha value is -3.59. The van der Waals surface area contributed by atoms with Crippen LogP contribution in [0.25, 0.3) is 0 Å². The SMILES string of the molecule is C=C/C=C1/CC(N(CC(O)CNC=O)C(=O)OC(C)(C)C)CC1=C.CCOc1cc(C(=O)O)ccc1C. The fourth-order valence-electron chi connectivity index (χ4n) is 3.65. The number of ether oxygens (including phenoxy) is 2. The molecule has 2 rings (SSSR count). The summed E-state index contributed by atoms with van der Waals surface area (Å²) < 4.78 is 10.7. The van der Waals surface area contributed by atoms with E-state index in [0.29, 0.717) is 31.6 Å². The van der Waals surface area contributed by atoms with Crippen molar-refractivity contribution in [2.75, 3.05) is 19.7 Å². The minimum atomic E-state index is -0.930. The second-order valence-corrected chi connectivity index (χ2v) is 9.62. The Bertz CT molecular complexity index is 995. The van der Waals surface area contributed by atoms with E-state index in [-0.39, 0.29) is 24.7 Å². The number of nitrogens with zero attached hydrogens (tertiary/aromatic N) is 1. The van der Waals surface area contributed by atoms with Crippen molar-refractivity contribution in [1.29, 1.82) is 0 Å². The largest absolute Gasteiger partial charge is 0.494 e. The van der Waals surface area contributed by atoms with Gasteiger partial charge in [0.2, 0.25) is 6.41 Å². The standard InChI is InChI=1S/C18H28N2O4.C10H12O3/c1-6-7-14-9-15(8-13(14)2)20(11-16(22)10-19-12-21)17(23)24-18(3,4)5;1-3-13-9-6-8(10(11)12)5-4-7(9)2/h6-7,12,15-16,22H,1-2,8-11H2,3-5H3,(H,19,21);4-6H,3H2,1-2H3,(H,11,12)/b14-7-;. The van der Waals surface area contributed by atoms with Gasteiger partial charge in [0, 0.05) is 12.6 Å². The number of carbonyl (C=O) groups excluding carboxylic acids is 2. The van der Waals surface area contributed by atoms with E-state index in [4.69, 9.17) is 14.6 Å². The molecule has 37 heavy (non-hydrogen) atoms. The Balaban J connectivity index is 0.000000442. The third-order valence-corrected chi connectivity index (χ3v) is 5.36. The third-order valence-electron chi connectivity index (χ3n) is 5.36. The normalized spacial score (nSPS) is 16.8. The molecule has 0 aliphatic heterocycles. The summed E-state index contributed by atoms with van der Waals surface area (Å²) in [5.41, 5.74) is 2.58. The summed E-state index contributed by atoms with van der Waals surface area (Å²) in [4.78, 5) is 35.1. The molecule has 9 heteroatoms. The van der Waals surface area contributed by atoms with Crippen molar-refractivity contribution < 1.29 is 34.1 Å². The molecule has 1 aliphatic carbocycles. The molecule has 0 saturated heterocycles. The van der Waals surface area contributed by atoms with Gasteiger partial charge in [0.25, 0.3) is 0 Å². The van der Waals surface area contributed by atoms with Crippen molar-refractivity contribution in [1.82, 2.24) is 10.2 Å². The Morgan fingerprint density at radius 3 is 2.51 bits per heavy atom. The lowest BCUT2D eigenvalue weighted by molar-refractivity contribution is -0.110. The minimum Gasteiger partial charge on any atom is -0.494 e. The maximum absolute atomic E-state index is 12.6. The molecule has 1 saturated carbocycles. The van der Waals surface area contributed by atoms with Gasteiger partial charge in [-0.25, -0.2) is 9.59 Å². The van der Waals surface area contributed by atoms with E-state index in [9.17, 15) is 19.5 Å². The monoisotopic (exact) mass is 516 g/mol. The first kappa shape index (κ1) is 31.4. The quantitative estimate of drug-likeness (QED) is 0.397. The summed E-state index contributed by atoms with van der Waals surface area (Å²) in [6.45, 7) is 17.6. The molecule has 0 bridgehead atoms. The number of allylic oxidation sites excluding steroid dienone is 2. The zero-order chi connectivity index (χ0) is 28.2. The summed E-state index contributed by atoms with van der Waals surface area (Å²) in [6.07, 6.45) is 4.01. The number of carboxylic acid groups (broad SMARTS) is 1. The number of aliphatic hydroxyl groups excluding tert-OH is 1. The summed E-state index contributed by atoms with van der Waals surface area (Å²) in [7, 11) is 0. The predicted octanol–water partition coefficient (Wildman–Crippen LogP) is 4.25. The van der Waals surface area contributed by atoms with E-state index in [1.54, 1.807) is 45.0 Å². The van der Waals surface area contributed by atoms with Crippen LogP contribution in [-0.2, 0) is 9.53 Å². The van der Waals surface area contributed by atoms with E-state index >= 15 is 0 Å². The number of aryl methyl sites for hydroxylation is 1. The van der Waals surface area contributed by atoms with Crippen LogP contribution >= 0.6 is 0 Å². The molecule has 9 nitrogen and oxygen atoms in total. The van der Waals surface area contributed by atoms with Crippen LogP contribution in [0.1, 0.15) is 56.5 Å². The van der Waals surface area contributed by atoms with Crippen LogP contribution < -0.4 is 10.1 Å². The summed E-state index contributed by atoms with van der Waals surface area (Å²) >= 11 is 0. The Morgan fingerprint density at radius 1 is 1.30 bits per heavy atom. The number of benzene rings is 1. The molecule has 1 aromatic rings. The highest BCUT2D eigenvalue weighted by atomic mass is 16.6. The average Bonchev–Trinajstić information content (AvgIpc) is 3.16. The van der Waals surface area contributed by atoms with Gasteiger partial charge in [-0.1, -0.05) is 31.4 Å². The van der Waals surface area contributed by atoms with Crippen molar-refractivity contribution in [3.8, 4) is 5.75 Å². The summed E-state index contributed by atoms with van der Waals surface area (Å²) in [6, 6.07) is 4.72. The first-order valence-corrected chi connectivity index (χ1v) is 12.1. The second-order valence-electron chi connectivity index (χ2n) is 9.62. The molecule has 2 amide bonds. The van der Waals surface area contributed by atoms with Crippen LogP contribution in [0.15, 0.2) is 54.7 Å². The van der Waals surface area contributed by atoms with Gasteiger partial charge in [0.15, 0.2) is 0 Å². The van der Waals surface area contributed by atoms with Gasteiger partial charge in [-0.15, -0.1) is 0 Å². The smallest absolute Gasteiger partial charge is 0.410 e. The lowest BCUT2D eigenvalue weighted by Gasteiger charge is -2.32. The number of carbonyl (C=O) groups is 3. The average molecular weight is 517 g/mol. The summed E-state index contributed by atoms with van der Waals surface area (Å²) in [5, 5.41) is 21.2. The molecule has 0 heterocycles. The fraction of sp³-hybridized carbons (Fsp3) is 0.464. The number of hydrogen-bond acceptors (Lipinski definition) is 6. The highest BCUT2D eigenvalue weighted by Crippen LogP contribution is 2.33. The van der Waals surface area contributed by atoms with Crippen LogP contribution in [0.2, 0.25) is 0 Å². The van der Waals surface area contributed by atoms with Gasteiger partial charge < -0.3 is 29.9 Å². The number of rotatable bonds is 10. The van der Waals surface area contributed by atoms with Crippen molar-refractivity contribution in [2.24, 2.45) is 0 Å². The van der Waals surface area contributed by atoms with E-state index in [1.165, 1.54) is 4.90 Å². The second kappa shape index (κ2) is 14.8. The number of aromatic carboxylic acids is 1. The van der Waals surface area contributed by atoms with Crippen LogP contribution in [0.3, 0.4) is 0 Å². The molecule has 2 atom stereocenters. The number of aliphatic hydroxyl groups is 1. The first-order chi connectivity index (χ1) is 17.3. The van der Waals surface area contributed by atoms with Crippen molar-refractivity contribution >= 4 is 18.5 Å². The number of hydrogen-bond donors (Lipinski definition) is 3. The van der Waals surface area contributed by atoms with Gasteiger partial charge in [0.05, 0.1) is 24.8 Å². The zero-order valence-electron chi connectivity index (χ0n) is 22.5.